The number of rotatable bonds is 5. The Balaban J connectivity index is 1.79. The van der Waals surface area contributed by atoms with Crippen LogP contribution in [0.3, 0.4) is 0 Å². The van der Waals surface area contributed by atoms with Gasteiger partial charge in [-0.1, -0.05) is 6.07 Å². The second-order valence-electron chi connectivity index (χ2n) is 5.35. The lowest BCUT2D eigenvalue weighted by atomic mass is 10.2. The Bertz CT molecular complexity index is 533. The van der Waals surface area contributed by atoms with Crippen molar-refractivity contribution in [2.75, 3.05) is 13.2 Å². The summed E-state index contributed by atoms with van der Waals surface area (Å²) >= 11 is 0. The molecule has 0 aliphatic carbocycles. The maximum absolute atomic E-state index is 13.0. The van der Waals surface area contributed by atoms with Gasteiger partial charge in [-0.05, 0) is 26.0 Å². The fraction of sp³-hybridized carbons (Fsp3) is 0.467. The first-order valence-corrected chi connectivity index (χ1v) is 6.93. The third kappa shape index (κ3) is 4.18. The molecule has 1 aliphatic heterocycles. The van der Waals surface area contributed by atoms with Crippen molar-refractivity contribution < 1.29 is 18.7 Å². The predicted octanol–water partition coefficient (Wildman–Crippen LogP) is 1.33. The maximum atomic E-state index is 13.0. The molecule has 1 unspecified atom stereocenters. The highest BCUT2D eigenvalue weighted by Gasteiger charge is 2.31. The molecule has 2 rings (SSSR count). The molecule has 0 radical (unpaired) electrons. The van der Waals surface area contributed by atoms with Crippen molar-refractivity contribution in [1.82, 2.24) is 10.2 Å². The predicted molar refractivity (Wildman–Crippen MR) is 75.3 cm³/mol. The molecule has 0 bridgehead atoms. The summed E-state index contributed by atoms with van der Waals surface area (Å²) in [5.74, 6) is -0.387. The largest absolute Gasteiger partial charge is 0.484 e. The summed E-state index contributed by atoms with van der Waals surface area (Å²) in [4.78, 5) is 25.2. The minimum atomic E-state index is -0.415. The minimum Gasteiger partial charge on any atom is -0.484 e. The van der Waals surface area contributed by atoms with Crippen LogP contribution in [-0.2, 0) is 9.59 Å². The molecule has 0 spiro atoms. The number of halogens is 1. The Morgan fingerprint density at radius 2 is 2.29 bits per heavy atom. The van der Waals surface area contributed by atoms with E-state index in [-0.39, 0.29) is 30.5 Å². The third-order valence-corrected chi connectivity index (χ3v) is 3.31. The SMILES string of the molecule is CC(C)N1CC(NC(=O)COc2cccc(F)c2)CC1=O. The van der Waals surface area contributed by atoms with Crippen molar-refractivity contribution in [3.63, 3.8) is 0 Å². The number of ether oxygens (including phenoxy) is 1. The summed E-state index contributed by atoms with van der Waals surface area (Å²) in [5.41, 5.74) is 0. The maximum Gasteiger partial charge on any atom is 0.258 e. The lowest BCUT2D eigenvalue weighted by molar-refractivity contribution is -0.129. The van der Waals surface area contributed by atoms with Crippen molar-refractivity contribution in [2.45, 2.75) is 32.4 Å². The molecule has 1 saturated heterocycles. The van der Waals surface area contributed by atoms with Gasteiger partial charge in [0.05, 0.1) is 6.04 Å². The van der Waals surface area contributed by atoms with E-state index in [0.29, 0.717) is 18.7 Å². The van der Waals surface area contributed by atoms with Crippen LogP contribution in [0.25, 0.3) is 0 Å². The van der Waals surface area contributed by atoms with Gasteiger partial charge in [-0.3, -0.25) is 9.59 Å². The van der Waals surface area contributed by atoms with Gasteiger partial charge in [-0.2, -0.15) is 0 Å². The zero-order valence-corrected chi connectivity index (χ0v) is 12.1. The molecule has 114 valence electrons. The number of benzene rings is 1. The second kappa shape index (κ2) is 6.56. The number of hydrogen-bond acceptors (Lipinski definition) is 3. The van der Waals surface area contributed by atoms with Crippen LogP contribution in [0.1, 0.15) is 20.3 Å². The summed E-state index contributed by atoms with van der Waals surface area (Å²) in [6.07, 6.45) is 0.309. The molecule has 1 aromatic rings. The lowest BCUT2D eigenvalue weighted by Gasteiger charge is -2.21. The van der Waals surface area contributed by atoms with E-state index in [4.69, 9.17) is 4.74 Å². The average Bonchev–Trinajstić information content (AvgIpc) is 2.77. The monoisotopic (exact) mass is 294 g/mol. The number of amides is 2. The summed E-state index contributed by atoms with van der Waals surface area (Å²) in [6.45, 7) is 4.20. The number of nitrogens with one attached hydrogen (secondary N) is 1. The first-order valence-electron chi connectivity index (χ1n) is 6.93. The van der Waals surface area contributed by atoms with Crippen molar-refractivity contribution >= 4 is 11.8 Å². The Labute approximate surface area is 123 Å². The Hall–Kier alpha value is -2.11. The standard InChI is InChI=1S/C15H19FN2O3/c1-10(2)18-8-12(7-15(18)20)17-14(19)9-21-13-5-3-4-11(16)6-13/h3-6,10,12H,7-9H2,1-2H3,(H,17,19). The summed E-state index contributed by atoms with van der Waals surface area (Å²) in [7, 11) is 0. The number of likely N-dealkylation sites (tertiary alicyclic amines) is 1. The van der Waals surface area contributed by atoms with Gasteiger partial charge in [-0.15, -0.1) is 0 Å². The van der Waals surface area contributed by atoms with E-state index in [1.807, 2.05) is 13.8 Å². The van der Waals surface area contributed by atoms with E-state index in [1.54, 1.807) is 11.0 Å². The molecule has 1 N–H and O–H groups in total. The molecule has 1 aromatic carbocycles. The summed E-state index contributed by atoms with van der Waals surface area (Å²) < 4.78 is 18.2. The molecule has 21 heavy (non-hydrogen) atoms. The molecule has 1 fully saturated rings. The van der Waals surface area contributed by atoms with Gasteiger partial charge < -0.3 is 15.0 Å². The smallest absolute Gasteiger partial charge is 0.258 e. The molecule has 1 heterocycles. The fourth-order valence-corrected chi connectivity index (χ4v) is 2.30. The summed E-state index contributed by atoms with van der Waals surface area (Å²) in [5, 5.41) is 2.76. The van der Waals surface area contributed by atoms with Crippen molar-refractivity contribution in [1.29, 1.82) is 0 Å². The van der Waals surface area contributed by atoms with Crippen LogP contribution in [0.15, 0.2) is 24.3 Å². The molecule has 1 aliphatic rings. The van der Waals surface area contributed by atoms with Crippen LogP contribution in [-0.4, -0.2) is 41.9 Å². The van der Waals surface area contributed by atoms with Gasteiger partial charge in [0.15, 0.2) is 6.61 Å². The van der Waals surface area contributed by atoms with Crippen LogP contribution in [0, 0.1) is 5.82 Å². The Morgan fingerprint density at radius 3 is 2.90 bits per heavy atom. The van der Waals surface area contributed by atoms with E-state index in [1.165, 1.54) is 18.2 Å². The topological polar surface area (TPSA) is 58.6 Å². The van der Waals surface area contributed by atoms with Crippen LogP contribution >= 0.6 is 0 Å². The van der Waals surface area contributed by atoms with Crippen molar-refractivity contribution in [3.8, 4) is 5.75 Å². The number of nitrogens with zero attached hydrogens (tertiary/aromatic N) is 1. The molecule has 5 nitrogen and oxygen atoms in total. The zero-order chi connectivity index (χ0) is 15.4. The normalized spacial score (nSPS) is 18.2. The van der Waals surface area contributed by atoms with Gasteiger partial charge in [0.1, 0.15) is 11.6 Å². The number of hydrogen-bond donors (Lipinski definition) is 1. The van der Waals surface area contributed by atoms with Crippen LogP contribution in [0.4, 0.5) is 4.39 Å². The van der Waals surface area contributed by atoms with E-state index < -0.39 is 5.82 Å². The van der Waals surface area contributed by atoms with Crippen LogP contribution in [0.5, 0.6) is 5.75 Å². The average molecular weight is 294 g/mol. The molecular weight excluding hydrogens is 275 g/mol. The van der Waals surface area contributed by atoms with E-state index >= 15 is 0 Å². The summed E-state index contributed by atoms with van der Waals surface area (Å²) in [6, 6.07) is 5.55. The lowest BCUT2D eigenvalue weighted by Crippen LogP contribution is -2.40. The Kier molecular flexibility index (Phi) is 4.77. The van der Waals surface area contributed by atoms with Gasteiger partial charge in [0, 0.05) is 25.1 Å². The molecule has 0 aromatic heterocycles. The van der Waals surface area contributed by atoms with Gasteiger partial charge in [0.2, 0.25) is 5.91 Å². The highest BCUT2D eigenvalue weighted by Crippen LogP contribution is 2.14. The molecular formula is C15H19FN2O3. The zero-order valence-electron chi connectivity index (χ0n) is 12.1. The van der Waals surface area contributed by atoms with Crippen LogP contribution in [0.2, 0.25) is 0 Å². The minimum absolute atomic E-state index is 0.0429. The number of carbonyl (C=O) groups is 2. The number of carbonyl (C=O) groups excluding carboxylic acids is 2. The van der Waals surface area contributed by atoms with Crippen LogP contribution < -0.4 is 10.1 Å². The highest BCUT2D eigenvalue weighted by atomic mass is 19.1. The molecule has 6 heteroatoms. The van der Waals surface area contributed by atoms with Crippen molar-refractivity contribution in [3.05, 3.63) is 30.1 Å². The highest BCUT2D eigenvalue weighted by molar-refractivity contribution is 5.82. The van der Waals surface area contributed by atoms with Gasteiger partial charge in [-0.25, -0.2) is 4.39 Å². The van der Waals surface area contributed by atoms with E-state index in [9.17, 15) is 14.0 Å². The molecule has 2 amide bonds. The van der Waals surface area contributed by atoms with E-state index in [2.05, 4.69) is 5.32 Å². The fourth-order valence-electron chi connectivity index (χ4n) is 2.30. The van der Waals surface area contributed by atoms with Gasteiger partial charge >= 0.3 is 0 Å². The quantitative estimate of drug-likeness (QED) is 0.891. The first-order chi connectivity index (χ1) is 9.95. The Morgan fingerprint density at radius 1 is 1.52 bits per heavy atom. The second-order valence-corrected chi connectivity index (χ2v) is 5.35. The third-order valence-electron chi connectivity index (χ3n) is 3.31. The van der Waals surface area contributed by atoms with Gasteiger partial charge in [0.25, 0.3) is 5.91 Å². The molecule has 0 saturated carbocycles. The van der Waals surface area contributed by atoms with E-state index in [0.717, 1.165) is 0 Å². The first kappa shape index (κ1) is 15.3. The van der Waals surface area contributed by atoms with Crippen molar-refractivity contribution in [2.24, 2.45) is 0 Å². The molecule has 1 atom stereocenters.